The number of nitrogens with one attached hydrogen (secondary N) is 2. The molecule has 0 amide bonds. The van der Waals surface area contributed by atoms with E-state index in [0.29, 0.717) is 24.4 Å². The first-order valence-corrected chi connectivity index (χ1v) is 8.65. The van der Waals surface area contributed by atoms with Gasteiger partial charge < -0.3 is 5.32 Å². The van der Waals surface area contributed by atoms with Crippen LogP contribution in [0.2, 0.25) is 0 Å². The lowest BCUT2D eigenvalue weighted by Gasteiger charge is -2.38. The number of hydrogen-bond donors (Lipinski definition) is 2. The summed E-state index contributed by atoms with van der Waals surface area (Å²) < 4.78 is 25.1. The maximum absolute atomic E-state index is 11.4. The summed E-state index contributed by atoms with van der Waals surface area (Å²) in [7, 11) is -1.62. The third-order valence-corrected chi connectivity index (χ3v) is 5.47. The van der Waals surface area contributed by atoms with Crippen molar-refractivity contribution in [3.05, 3.63) is 0 Å². The van der Waals surface area contributed by atoms with Crippen molar-refractivity contribution < 1.29 is 8.42 Å². The first-order valence-electron chi connectivity index (χ1n) is 7.00. The van der Waals surface area contributed by atoms with Gasteiger partial charge in [-0.1, -0.05) is 27.2 Å². The first-order chi connectivity index (χ1) is 8.35. The summed E-state index contributed by atoms with van der Waals surface area (Å²) in [4.78, 5) is 0. The van der Waals surface area contributed by atoms with Crippen LogP contribution in [0.25, 0.3) is 0 Å². The van der Waals surface area contributed by atoms with Gasteiger partial charge in [-0.05, 0) is 37.6 Å². The van der Waals surface area contributed by atoms with E-state index in [-0.39, 0.29) is 5.75 Å². The molecule has 0 aromatic heterocycles. The Hall–Kier alpha value is -0.130. The second-order valence-corrected chi connectivity index (χ2v) is 7.96. The van der Waals surface area contributed by atoms with Crippen molar-refractivity contribution in [2.24, 2.45) is 17.8 Å². The fourth-order valence-electron chi connectivity index (χ4n) is 2.92. The van der Waals surface area contributed by atoms with Crippen molar-refractivity contribution in [1.29, 1.82) is 0 Å². The van der Waals surface area contributed by atoms with Crippen molar-refractivity contribution >= 4 is 10.0 Å². The SMILES string of the molecule is CNS(=O)(=O)CCNC1CC(C)CCC1C(C)C. The Morgan fingerprint density at radius 3 is 2.50 bits per heavy atom. The minimum atomic E-state index is -3.08. The van der Waals surface area contributed by atoms with Crippen LogP contribution in [0.3, 0.4) is 0 Å². The largest absolute Gasteiger partial charge is 0.313 e. The highest BCUT2D eigenvalue weighted by molar-refractivity contribution is 7.89. The molecule has 1 fully saturated rings. The highest BCUT2D eigenvalue weighted by Crippen LogP contribution is 2.33. The Balaban J connectivity index is 2.46. The monoisotopic (exact) mass is 276 g/mol. The van der Waals surface area contributed by atoms with E-state index >= 15 is 0 Å². The molecular formula is C13H28N2O2S. The van der Waals surface area contributed by atoms with Crippen molar-refractivity contribution in [2.45, 2.75) is 46.1 Å². The van der Waals surface area contributed by atoms with Gasteiger partial charge in [0, 0.05) is 12.6 Å². The van der Waals surface area contributed by atoms with E-state index in [0.717, 1.165) is 5.92 Å². The van der Waals surface area contributed by atoms with Gasteiger partial charge >= 0.3 is 0 Å². The van der Waals surface area contributed by atoms with Crippen LogP contribution in [0.4, 0.5) is 0 Å². The quantitative estimate of drug-likeness (QED) is 0.774. The zero-order chi connectivity index (χ0) is 13.8. The Kier molecular flexibility index (Phi) is 6.08. The molecule has 1 saturated carbocycles. The van der Waals surface area contributed by atoms with Gasteiger partial charge in [0.05, 0.1) is 5.75 Å². The van der Waals surface area contributed by atoms with E-state index in [1.807, 2.05) is 0 Å². The minimum Gasteiger partial charge on any atom is -0.313 e. The van der Waals surface area contributed by atoms with Crippen LogP contribution >= 0.6 is 0 Å². The Labute approximate surface area is 112 Å². The van der Waals surface area contributed by atoms with Crippen molar-refractivity contribution in [2.75, 3.05) is 19.3 Å². The highest BCUT2D eigenvalue weighted by atomic mass is 32.2. The first kappa shape index (κ1) is 15.9. The zero-order valence-electron chi connectivity index (χ0n) is 12.1. The standard InChI is InChI=1S/C13H28N2O2S/c1-10(2)12-6-5-11(3)9-13(12)15-7-8-18(16,17)14-4/h10-15H,5-9H2,1-4H3. The van der Waals surface area contributed by atoms with Gasteiger partial charge in [-0.15, -0.1) is 0 Å². The molecule has 18 heavy (non-hydrogen) atoms. The molecule has 5 heteroatoms. The normalized spacial score (nSPS) is 29.7. The number of sulfonamides is 1. The van der Waals surface area contributed by atoms with Crippen LogP contribution in [-0.2, 0) is 10.0 Å². The molecule has 3 atom stereocenters. The topological polar surface area (TPSA) is 58.2 Å². The maximum atomic E-state index is 11.4. The van der Waals surface area contributed by atoms with Crippen LogP contribution in [0.5, 0.6) is 0 Å². The van der Waals surface area contributed by atoms with E-state index in [9.17, 15) is 8.42 Å². The molecular weight excluding hydrogens is 248 g/mol. The summed E-state index contributed by atoms with van der Waals surface area (Å²) in [5.41, 5.74) is 0. The van der Waals surface area contributed by atoms with Crippen LogP contribution in [-0.4, -0.2) is 33.8 Å². The summed E-state index contributed by atoms with van der Waals surface area (Å²) in [5.74, 6) is 2.26. The van der Waals surface area contributed by atoms with Crippen LogP contribution in [0, 0.1) is 17.8 Å². The van der Waals surface area contributed by atoms with E-state index in [2.05, 4.69) is 30.8 Å². The second-order valence-electron chi connectivity index (χ2n) is 5.91. The van der Waals surface area contributed by atoms with Crippen LogP contribution in [0.15, 0.2) is 0 Å². The fourth-order valence-corrected chi connectivity index (χ4v) is 3.51. The van der Waals surface area contributed by atoms with E-state index in [1.165, 1.54) is 26.3 Å². The third kappa shape index (κ3) is 4.86. The lowest BCUT2D eigenvalue weighted by molar-refractivity contribution is 0.172. The highest BCUT2D eigenvalue weighted by Gasteiger charge is 2.30. The van der Waals surface area contributed by atoms with Gasteiger partial charge in [0.15, 0.2) is 0 Å². The predicted octanol–water partition coefficient (Wildman–Crippen LogP) is 1.59. The Bertz CT molecular complexity index is 341. The molecule has 0 aliphatic heterocycles. The predicted molar refractivity (Wildman–Crippen MR) is 76.0 cm³/mol. The molecule has 0 spiro atoms. The van der Waals surface area contributed by atoms with Crippen molar-refractivity contribution in [1.82, 2.24) is 10.0 Å². The average Bonchev–Trinajstić information content (AvgIpc) is 2.28. The smallest absolute Gasteiger partial charge is 0.212 e. The molecule has 3 unspecified atom stereocenters. The van der Waals surface area contributed by atoms with Gasteiger partial charge in [-0.3, -0.25) is 0 Å². The average molecular weight is 276 g/mol. The van der Waals surface area contributed by atoms with E-state index in [1.54, 1.807) is 0 Å². The number of hydrogen-bond acceptors (Lipinski definition) is 3. The van der Waals surface area contributed by atoms with Crippen LogP contribution in [0.1, 0.15) is 40.0 Å². The second kappa shape index (κ2) is 6.87. The molecule has 108 valence electrons. The van der Waals surface area contributed by atoms with E-state index in [4.69, 9.17) is 0 Å². The fraction of sp³-hybridized carbons (Fsp3) is 1.00. The van der Waals surface area contributed by atoms with Gasteiger partial charge in [0.25, 0.3) is 0 Å². The summed E-state index contributed by atoms with van der Waals surface area (Å²) in [6, 6.07) is 0.473. The van der Waals surface area contributed by atoms with Gasteiger partial charge in [-0.2, -0.15) is 0 Å². The van der Waals surface area contributed by atoms with Gasteiger partial charge in [0.2, 0.25) is 10.0 Å². The molecule has 1 aliphatic carbocycles. The lowest BCUT2D eigenvalue weighted by atomic mass is 9.74. The molecule has 0 aromatic rings. The number of rotatable bonds is 6. The summed E-state index contributed by atoms with van der Waals surface area (Å²) in [6.07, 6.45) is 3.73. The molecule has 0 bridgehead atoms. The Morgan fingerprint density at radius 1 is 1.28 bits per heavy atom. The molecule has 1 aliphatic rings. The van der Waals surface area contributed by atoms with Crippen LogP contribution < -0.4 is 10.0 Å². The summed E-state index contributed by atoms with van der Waals surface area (Å²) >= 11 is 0. The maximum Gasteiger partial charge on any atom is 0.212 e. The van der Waals surface area contributed by atoms with Gasteiger partial charge in [0.1, 0.15) is 0 Å². The molecule has 2 N–H and O–H groups in total. The molecule has 0 radical (unpaired) electrons. The molecule has 4 nitrogen and oxygen atoms in total. The van der Waals surface area contributed by atoms with Gasteiger partial charge in [-0.25, -0.2) is 13.1 Å². The van der Waals surface area contributed by atoms with Crippen molar-refractivity contribution in [3.8, 4) is 0 Å². The molecule has 0 saturated heterocycles. The van der Waals surface area contributed by atoms with E-state index < -0.39 is 10.0 Å². The lowest BCUT2D eigenvalue weighted by Crippen LogP contribution is -2.45. The zero-order valence-corrected chi connectivity index (χ0v) is 12.9. The minimum absolute atomic E-state index is 0.166. The van der Waals surface area contributed by atoms with Crippen molar-refractivity contribution in [3.63, 3.8) is 0 Å². The molecule has 1 rings (SSSR count). The summed E-state index contributed by atoms with van der Waals surface area (Å²) in [5, 5.41) is 3.45. The summed E-state index contributed by atoms with van der Waals surface area (Å²) in [6.45, 7) is 7.36. The molecule has 0 aromatic carbocycles. The molecule has 0 heterocycles. The Morgan fingerprint density at radius 2 is 1.94 bits per heavy atom. The third-order valence-electron chi connectivity index (χ3n) is 4.11.